The molecule has 0 radical (unpaired) electrons. The van der Waals surface area contributed by atoms with E-state index in [4.69, 9.17) is 28.4 Å². The molecule has 1 aliphatic heterocycles. The van der Waals surface area contributed by atoms with E-state index in [1.54, 1.807) is 6.08 Å². The summed E-state index contributed by atoms with van der Waals surface area (Å²) in [5.41, 5.74) is 2.07. The molecule has 0 atom stereocenters. The van der Waals surface area contributed by atoms with Gasteiger partial charge in [0.05, 0.1) is 26.4 Å². The average molecular weight is 400 g/mol. The number of hydrogen-bond acceptors (Lipinski definition) is 6. The largest absolute Gasteiger partial charge is 0.487 e. The SMILES string of the molecule is C=Cc1ccc2c(c1)OCCOCCOc1cc(C)ccc1OCCOCCO2. The molecule has 156 valence electrons. The van der Waals surface area contributed by atoms with Gasteiger partial charge in [0.15, 0.2) is 23.0 Å². The van der Waals surface area contributed by atoms with Gasteiger partial charge in [0.2, 0.25) is 0 Å². The predicted octanol–water partition coefficient (Wildman–Crippen LogP) is 3.90. The summed E-state index contributed by atoms with van der Waals surface area (Å²) >= 11 is 0. The van der Waals surface area contributed by atoms with Gasteiger partial charge in [-0.3, -0.25) is 0 Å². The minimum absolute atomic E-state index is 0.409. The summed E-state index contributed by atoms with van der Waals surface area (Å²) in [5.74, 6) is 2.74. The summed E-state index contributed by atoms with van der Waals surface area (Å²) in [6.45, 7) is 9.30. The van der Waals surface area contributed by atoms with Crippen LogP contribution >= 0.6 is 0 Å². The third-order valence-electron chi connectivity index (χ3n) is 4.24. The lowest BCUT2D eigenvalue weighted by molar-refractivity contribution is 0.0640. The van der Waals surface area contributed by atoms with Crippen LogP contribution in [0.25, 0.3) is 6.08 Å². The van der Waals surface area contributed by atoms with Gasteiger partial charge >= 0.3 is 0 Å². The molecule has 29 heavy (non-hydrogen) atoms. The van der Waals surface area contributed by atoms with Crippen molar-refractivity contribution in [2.75, 3.05) is 52.9 Å². The molecule has 0 unspecified atom stereocenters. The normalized spacial score (nSPS) is 16.3. The zero-order valence-electron chi connectivity index (χ0n) is 16.9. The molecule has 3 rings (SSSR count). The Morgan fingerprint density at radius 2 is 1.10 bits per heavy atom. The Bertz CT molecular complexity index is 789. The van der Waals surface area contributed by atoms with Crippen LogP contribution in [0.4, 0.5) is 0 Å². The van der Waals surface area contributed by atoms with Gasteiger partial charge in [0.1, 0.15) is 26.4 Å². The number of benzene rings is 2. The second-order valence-corrected chi connectivity index (χ2v) is 6.48. The van der Waals surface area contributed by atoms with Crippen LogP contribution in [0.3, 0.4) is 0 Å². The topological polar surface area (TPSA) is 55.4 Å². The molecule has 0 amide bonds. The summed E-state index contributed by atoms with van der Waals surface area (Å²) in [6.07, 6.45) is 1.77. The molecule has 6 heteroatoms. The highest BCUT2D eigenvalue weighted by Gasteiger charge is 2.08. The summed E-state index contributed by atoms with van der Waals surface area (Å²) in [6, 6.07) is 11.6. The molecule has 1 aliphatic rings. The maximum Gasteiger partial charge on any atom is 0.161 e. The van der Waals surface area contributed by atoms with E-state index in [0.717, 1.165) is 11.1 Å². The highest BCUT2D eigenvalue weighted by Crippen LogP contribution is 2.29. The van der Waals surface area contributed by atoms with Crippen molar-refractivity contribution in [2.24, 2.45) is 0 Å². The van der Waals surface area contributed by atoms with Crippen molar-refractivity contribution in [3.63, 3.8) is 0 Å². The van der Waals surface area contributed by atoms with Crippen LogP contribution in [0.15, 0.2) is 43.0 Å². The Morgan fingerprint density at radius 3 is 1.66 bits per heavy atom. The van der Waals surface area contributed by atoms with Crippen molar-refractivity contribution in [1.29, 1.82) is 0 Å². The van der Waals surface area contributed by atoms with Crippen LogP contribution < -0.4 is 18.9 Å². The fourth-order valence-electron chi connectivity index (χ4n) is 2.78. The second-order valence-electron chi connectivity index (χ2n) is 6.48. The van der Waals surface area contributed by atoms with Crippen molar-refractivity contribution < 1.29 is 28.4 Å². The first-order chi connectivity index (χ1) is 14.3. The maximum absolute atomic E-state index is 5.85. The molecule has 0 saturated carbocycles. The number of rotatable bonds is 1. The number of hydrogen-bond donors (Lipinski definition) is 0. The highest BCUT2D eigenvalue weighted by molar-refractivity contribution is 5.54. The van der Waals surface area contributed by atoms with Gasteiger partial charge in [-0.05, 0) is 42.3 Å². The first-order valence-electron chi connectivity index (χ1n) is 9.80. The van der Waals surface area contributed by atoms with Crippen molar-refractivity contribution in [1.82, 2.24) is 0 Å². The molecule has 0 saturated heterocycles. The number of aryl methyl sites for hydroxylation is 1. The van der Waals surface area contributed by atoms with Crippen LogP contribution in [0.2, 0.25) is 0 Å². The smallest absolute Gasteiger partial charge is 0.161 e. The zero-order chi connectivity index (χ0) is 20.3. The Hall–Kier alpha value is -2.70. The molecular formula is C23H28O6. The first-order valence-corrected chi connectivity index (χ1v) is 9.80. The number of ether oxygens (including phenoxy) is 6. The van der Waals surface area contributed by atoms with E-state index in [1.807, 2.05) is 43.3 Å². The minimum Gasteiger partial charge on any atom is -0.487 e. The molecule has 0 spiro atoms. The van der Waals surface area contributed by atoms with Gasteiger partial charge in [-0.1, -0.05) is 24.8 Å². The summed E-state index contributed by atoms with van der Waals surface area (Å²) in [4.78, 5) is 0. The standard InChI is InChI=1S/C23H28O6/c1-3-19-5-7-21-23(17-19)29-15-11-25-10-14-28-22-16-18(2)4-6-20(22)26-12-8-24-9-13-27-21/h3-7,16-17H,1,8-15H2,2H3. The lowest BCUT2D eigenvalue weighted by Crippen LogP contribution is -2.15. The molecular weight excluding hydrogens is 372 g/mol. The Balaban J connectivity index is 1.61. The van der Waals surface area contributed by atoms with Crippen LogP contribution in [-0.4, -0.2) is 52.9 Å². The molecule has 0 N–H and O–H groups in total. The van der Waals surface area contributed by atoms with Gasteiger partial charge in [-0.25, -0.2) is 0 Å². The molecule has 0 aliphatic carbocycles. The third kappa shape index (κ3) is 6.69. The highest BCUT2D eigenvalue weighted by atomic mass is 16.6. The monoisotopic (exact) mass is 400 g/mol. The van der Waals surface area contributed by atoms with Crippen molar-refractivity contribution in [2.45, 2.75) is 6.92 Å². The van der Waals surface area contributed by atoms with Crippen LogP contribution in [0.1, 0.15) is 11.1 Å². The fourth-order valence-corrected chi connectivity index (χ4v) is 2.78. The molecule has 0 bridgehead atoms. The van der Waals surface area contributed by atoms with E-state index in [1.165, 1.54) is 0 Å². The van der Waals surface area contributed by atoms with E-state index in [-0.39, 0.29) is 0 Å². The van der Waals surface area contributed by atoms with Gasteiger partial charge in [-0.2, -0.15) is 0 Å². The average Bonchev–Trinajstić information content (AvgIpc) is 2.73. The van der Waals surface area contributed by atoms with E-state index < -0.39 is 0 Å². The Labute approximate surface area is 171 Å². The summed E-state index contributed by atoms with van der Waals surface area (Å²) in [5, 5.41) is 0. The zero-order valence-corrected chi connectivity index (χ0v) is 16.9. The minimum atomic E-state index is 0.409. The summed E-state index contributed by atoms with van der Waals surface area (Å²) < 4.78 is 34.5. The molecule has 2 aromatic carbocycles. The van der Waals surface area contributed by atoms with Gasteiger partial charge < -0.3 is 28.4 Å². The van der Waals surface area contributed by atoms with Gasteiger partial charge in [0, 0.05) is 0 Å². The van der Waals surface area contributed by atoms with E-state index in [0.29, 0.717) is 75.9 Å². The van der Waals surface area contributed by atoms with Gasteiger partial charge in [0.25, 0.3) is 0 Å². The maximum atomic E-state index is 5.85. The summed E-state index contributed by atoms with van der Waals surface area (Å²) in [7, 11) is 0. The van der Waals surface area contributed by atoms with Crippen molar-refractivity contribution >= 4 is 6.08 Å². The number of fused-ring (bicyclic) bond motifs is 2. The van der Waals surface area contributed by atoms with Crippen molar-refractivity contribution in [3.05, 3.63) is 54.1 Å². The van der Waals surface area contributed by atoms with Crippen LogP contribution in [0.5, 0.6) is 23.0 Å². The van der Waals surface area contributed by atoms with E-state index in [9.17, 15) is 0 Å². The first kappa shape index (κ1) is 21.0. The lowest BCUT2D eigenvalue weighted by atomic mass is 10.2. The second kappa shape index (κ2) is 11.3. The van der Waals surface area contributed by atoms with Gasteiger partial charge in [-0.15, -0.1) is 0 Å². The molecule has 2 aromatic rings. The van der Waals surface area contributed by atoms with Crippen molar-refractivity contribution in [3.8, 4) is 23.0 Å². The van der Waals surface area contributed by atoms with E-state index in [2.05, 4.69) is 6.58 Å². The van der Waals surface area contributed by atoms with Crippen LogP contribution in [0, 0.1) is 6.92 Å². The molecule has 1 heterocycles. The third-order valence-corrected chi connectivity index (χ3v) is 4.24. The Morgan fingerprint density at radius 1 is 0.621 bits per heavy atom. The molecule has 6 nitrogen and oxygen atoms in total. The van der Waals surface area contributed by atoms with E-state index >= 15 is 0 Å². The fraction of sp³-hybridized carbons (Fsp3) is 0.391. The molecule has 0 fully saturated rings. The quantitative estimate of drug-likeness (QED) is 0.724. The molecule has 0 aromatic heterocycles. The van der Waals surface area contributed by atoms with Crippen LogP contribution in [-0.2, 0) is 9.47 Å². The Kier molecular flexibility index (Phi) is 8.22. The lowest BCUT2D eigenvalue weighted by Gasteiger charge is -2.16. The predicted molar refractivity (Wildman–Crippen MR) is 111 cm³/mol.